The molecular weight excluding hydrogens is 297 g/mol. The van der Waals surface area contributed by atoms with Crippen molar-refractivity contribution in [1.29, 1.82) is 0 Å². The Labute approximate surface area is 124 Å². The van der Waals surface area contributed by atoms with Crippen molar-refractivity contribution in [1.82, 2.24) is 4.98 Å². The minimum atomic E-state index is -4.38. The Hall–Kier alpha value is -2.57. The molecule has 0 atom stereocenters. The summed E-state index contributed by atoms with van der Waals surface area (Å²) in [4.78, 5) is 15.8. The van der Waals surface area contributed by atoms with E-state index in [2.05, 4.69) is 10.3 Å². The van der Waals surface area contributed by atoms with Crippen molar-refractivity contribution in [2.24, 2.45) is 0 Å². The first-order valence-corrected chi connectivity index (χ1v) is 6.34. The van der Waals surface area contributed by atoms with E-state index >= 15 is 0 Å². The molecule has 2 aromatic rings. The molecule has 0 fully saturated rings. The van der Waals surface area contributed by atoms with E-state index in [4.69, 9.17) is 4.74 Å². The summed E-state index contributed by atoms with van der Waals surface area (Å²) in [7, 11) is 1.48. The van der Waals surface area contributed by atoms with Gasteiger partial charge in [-0.05, 0) is 23.8 Å². The van der Waals surface area contributed by atoms with Crippen LogP contribution in [-0.2, 0) is 17.4 Å². The third-order valence-corrected chi connectivity index (χ3v) is 2.88. The zero-order chi connectivity index (χ0) is 16.2. The van der Waals surface area contributed by atoms with Crippen LogP contribution < -0.4 is 10.1 Å². The van der Waals surface area contributed by atoms with Crippen LogP contribution in [0.5, 0.6) is 5.88 Å². The molecule has 22 heavy (non-hydrogen) atoms. The van der Waals surface area contributed by atoms with Crippen molar-refractivity contribution in [3.8, 4) is 5.88 Å². The molecule has 1 aromatic heterocycles. The largest absolute Gasteiger partial charge is 0.481 e. The Kier molecular flexibility index (Phi) is 4.65. The average Bonchev–Trinajstić information content (AvgIpc) is 2.47. The lowest BCUT2D eigenvalue weighted by atomic mass is 10.1. The second-order valence-electron chi connectivity index (χ2n) is 4.51. The van der Waals surface area contributed by atoms with Crippen molar-refractivity contribution < 1.29 is 22.7 Å². The number of aromatic nitrogens is 1. The first-order chi connectivity index (χ1) is 10.4. The topological polar surface area (TPSA) is 51.2 Å². The number of halogens is 3. The van der Waals surface area contributed by atoms with Crippen LogP contribution in [0.2, 0.25) is 0 Å². The summed E-state index contributed by atoms with van der Waals surface area (Å²) in [5.41, 5.74) is 0.237. The van der Waals surface area contributed by atoms with Gasteiger partial charge in [0.05, 0.1) is 31.0 Å². The molecule has 0 radical (unpaired) electrons. The van der Waals surface area contributed by atoms with E-state index in [9.17, 15) is 18.0 Å². The quantitative estimate of drug-likeness (QED) is 0.943. The lowest BCUT2D eigenvalue weighted by molar-refractivity contribution is -0.137. The fraction of sp³-hybridized carbons (Fsp3) is 0.200. The monoisotopic (exact) mass is 310 g/mol. The summed E-state index contributed by atoms with van der Waals surface area (Å²) in [6.07, 6.45) is -2.97. The van der Waals surface area contributed by atoms with Crippen LogP contribution in [-0.4, -0.2) is 18.0 Å². The van der Waals surface area contributed by atoms with Gasteiger partial charge in [-0.15, -0.1) is 0 Å². The predicted octanol–water partition coefficient (Wildman–Crippen LogP) is 3.29. The molecule has 2 rings (SSSR count). The summed E-state index contributed by atoms with van der Waals surface area (Å²) in [5.74, 6) is 0.0764. The highest BCUT2D eigenvalue weighted by Gasteiger charge is 2.29. The summed E-state index contributed by atoms with van der Waals surface area (Å²) in [5, 5.41) is 2.61. The summed E-state index contributed by atoms with van der Waals surface area (Å²) in [6, 6.07) is 7.70. The minimum Gasteiger partial charge on any atom is -0.481 e. The van der Waals surface area contributed by atoms with E-state index in [0.29, 0.717) is 17.1 Å². The van der Waals surface area contributed by atoms with Gasteiger partial charge in [-0.1, -0.05) is 12.1 Å². The predicted molar refractivity (Wildman–Crippen MR) is 74.6 cm³/mol. The van der Waals surface area contributed by atoms with Crippen LogP contribution >= 0.6 is 0 Å². The fourth-order valence-electron chi connectivity index (χ4n) is 1.78. The van der Waals surface area contributed by atoms with Gasteiger partial charge in [-0.2, -0.15) is 13.2 Å². The first kappa shape index (κ1) is 15.8. The maximum absolute atomic E-state index is 12.4. The van der Waals surface area contributed by atoms with Crippen LogP contribution in [0.3, 0.4) is 0 Å². The summed E-state index contributed by atoms with van der Waals surface area (Å²) in [6.45, 7) is 0. The van der Waals surface area contributed by atoms with Crippen molar-refractivity contribution in [3.05, 3.63) is 53.7 Å². The second-order valence-corrected chi connectivity index (χ2v) is 4.51. The number of hydrogen-bond donors (Lipinski definition) is 1. The van der Waals surface area contributed by atoms with Gasteiger partial charge in [0.25, 0.3) is 0 Å². The number of anilines is 1. The molecule has 0 bridgehead atoms. The average molecular weight is 310 g/mol. The third-order valence-electron chi connectivity index (χ3n) is 2.88. The maximum atomic E-state index is 12.4. The molecule has 0 saturated heterocycles. The molecule has 1 N–H and O–H groups in total. The van der Waals surface area contributed by atoms with E-state index in [1.165, 1.54) is 25.4 Å². The van der Waals surface area contributed by atoms with Gasteiger partial charge in [-0.25, -0.2) is 4.98 Å². The third kappa shape index (κ3) is 4.21. The van der Waals surface area contributed by atoms with Gasteiger partial charge in [0, 0.05) is 6.07 Å². The number of methoxy groups -OCH3 is 1. The second kappa shape index (κ2) is 6.46. The number of hydrogen-bond acceptors (Lipinski definition) is 3. The number of carbonyl (C=O) groups excluding carboxylic acids is 1. The number of nitrogens with one attached hydrogen (secondary N) is 1. The number of ether oxygens (including phenoxy) is 1. The van der Waals surface area contributed by atoms with Crippen molar-refractivity contribution in [3.63, 3.8) is 0 Å². The summed E-state index contributed by atoms with van der Waals surface area (Å²) < 4.78 is 42.2. The number of alkyl halides is 3. The zero-order valence-electron chi connectivity index (χ0n) is 11.6. The molecule has 7 heteroatoms. The van der Waals surface area contributed by atoms with Crippen molar-refractivity contribution in [2.45, 2.75) is 12.6 Å². The highest BCUT2D eigenvalue weighted by molar-refractivity contribution is 5.92. The molecule has 1 heterocycles. The van der Waals surface area contributed by atoms with E-state index in [1.54, 1.807) is 12.1 Å². The van der Waals surface area contributed by atoms with E-state index in [0.717, 1.165) is 12.1 Å². The number of amides is 1. The Morgan fingerprint density at radius 1 is 1.18 bits per heavy atom. The highest BCUT2D eigenvalue weighted by atomic mass is 19.4. The fourth-order valence-corrected chi connectivity index (χ4v) is 1.78. The Balaban J connectivity index is 1.96. The van der Waals surface area contributed by atoms with E-state index in [-0.39, 0.29) is 12.3 Å². The molecule has 0 aliphatic rings. The van der Waals surface area contributed by atoms with Gasteiger partial charge in [0.15, 0.2) is 0 Å². The van der Waals surface area contributed by atoms with Gasteiger partial charge in [0.2, 0.25) is 11.8 Å². The highest BCUT2D eigenvalue weighted by Crippen LogP contribution is 2.29. The maximum Gasteiger partial charge on any atom is 0.416 e. The molecular formula is C15H13F3N2O2. The lowest BCUT2D eigenvalue weighted by Gasteiger charge is -2.08. The molecule has 0 unspecified atom stereocenters. The SMILES string of the molecule is COc1ccc(NC(=O)Cc2ccc(C(F)(F)F)cc2)cn1. The smallest absolute Gasteiger partial charge is 0.416 e. The number of pyridine rings is 1. The van der Waals surface area contributed by atoms with Crippen LogP contribution in [0.15, 0.2) is 42.6 Å². The molecule has 0 saturated carbocycles. The van der Waals surface area contributed by atoms with Crippen LogP contribution in [0.4, 0.5) is 18.9 Å². The molecule has 4 nitrogen and oxygen atoms in total. The Morgan fingerprint density at radius 2 is 1.86 bits per heavy atom. The molecule has 1 amide bonds. The van der Waals surface area contributed by atoms with E-state index < -0.39 is 11.7 Å². The standard InChI is InChI=1S/C15H13F3N2O2/c1-22-14-7-6-12(9-19-14)20-13(21)8-10-2-4-11(5-3-10)15(16,17)18/h2-7,9H,8H2,1H3,(H,20,21). The number of nitrogens with zero attached hydrogens (tertiary/aromatic N) is 1. The van der Waals surface area contributed by atoms with Gasteiger partial charge in [0.1, 0.15) is 0 Å². The first-order valence-electron chi connectivity index (χ1n) is 6.34. The number of benzene rings is 1. The number of rotatable bonds is 4. The van der Waals surface area contributed by atoms with Crippen molar-refractivity contribution in [2.75, 3.05) is 12.4 Å². The molecule has 0 aliphatic heterocycles. The van der Waals surface area contributed by atoms with Crippen LogP contribution in [0.1, 0.15) is 11.1 Å². The van der Waals surface area contributed by atoms with Gasteiger partial charge in [-0.3, -0.25) is 4.79 Å². The Bertz CT molecular complexity index is 637. The normalized spacial score (nSPS) is 11.1. The molecule has 0 aliphatic carbocycles. The molecule has 1 aromatic carbocycles. The van der Waals surface area contributed by atoms with Crippen molar-refractivity contribution >= 4 is 11.6 Å². The summed E-state index contributed by atoms with van der Waals surface area (Å²) >= 11 is 0. The molecule has 116 valence electrons. The van der Waals surface area contributed by atoms with Gasteiger partial charge < -0.3 is 10.1 Å². The Morgan fingerprint density at radius 3 is 2.36 bits per heavy atom. The molecule has 0 spiro atoms. The van der Waals surface area contributed by atoms with Crippen LogP contribution in [0.25, 0.3) is 0 Å². The zero-order valence-corrected chi connectivity index (χ0v) is 11.6. The van der Waals surface area contributed by atoms with Gasteiger partial charge >= 0.3 is 6.18 Å². The minimum absolute atomic E-state index is 0.0236. The van der Waals surface area contributed by atoms with Crippen LogP contribution in [0, 0.1) is 0 Å². The number of carbonyl (C=O) groups is 1. The van der Waals surface area contributed by atoms with E-state index in [1.807, 2.05) is 0 Å². The lowest BCUT2D eigenvalue weighted by Crippen LogP contribution is -2.14.